The average molecular weight is 274 g/mol. The molecule has 4 heteroatoms. The van der Waals surface area contributed by atoms with Gasteiger partial charge in [-0.15, -0.1) is 0 Å². The van der Waals surface area contributed by atoms with E-state index in [2.05, 4.69) is 20.9 Å². The van der Waals surface area contributed by atoms with Crippen LogP contribution in [0.3, 0.4) is 0 Å². The molecule has 2 atom stereocenters. The summed E-state index contributed by atoms with van der Waals surface area (Å²) in [6, 6.07) is 4.98. The Balaban J connectivity index is 1.65. The van der Waals surface area contributed by atoms with Gasteiger partial charge in [-0.1, -0.05) is 6.42 Å². The molecule has 0 aromatic carbocycles. The van der Waals surface area contributed by atoms with E-state index in [1.807, 2.05) is 19.2 Å². The van der Waals surface area contributed by atoms with E-state index in [0.29, 0.717) is 0 Å². The van der Waals surface area contributed by atoms with Crippen molar-refractivity contribution in [1.82, 2.24) is 9.88 Å². The number of nitrogens with zero attached hydrogens (tertiary/aromatic N) is 3. The third-order valence-electron chi connectivity index (χ3n) is 4.69. The summed E-state index contributed by atoms with van der Waals surface area (Å²) in [5.41, 5.74) is 7.15. The summed E-state index contributed by atoms with van der Waals surface area (Å²) < 4.78 is 0. The van der Waals surface area contributed by atoms with E-state index < -0.39 is 0 Å². The van der Waals surface area contributed by atoms with Gasteiger partial charge in [0.2, 0.25) is 0 Å². The molecule has 2 saturated heterocycles. The Hall–Kier alpha value is -1.13. The summed E-state index contributed by atoms with van der Waals surface area (Å²) in [7, 11) is 0. The summed E-state index contributed by atoms with van der Waals surface area (Å²) in [5, 5.41) is 0. The van der Waals surface area contributed by atoms with Crippen LogP contribution in [0, 0.1) is 0 Å². The highest BCUT2D eigenvalue weighted by atomic mass is 15.3. The minimum Gasteiger partial charge on any atom is -0.355 e. The summed E-state index contributed by atoms with van der Waals surface area (Å²) in [6.07, 6.45) is 7.31. The van der Waals surface area contributed by atoms with Gasteiger partial charge in [0.15, 0.2) is 0 Å². The molecule has 3 rings (SSSR count). The van der Waals surface area contributed by atoms with Crippen LogP contribution in [-0.2, 0) is 0 Å². The van der Waals surface area contributed by atoms with Crippen LogP contribution in [0.5, 0.6) is 0 Å². The topological polar surface area (TPSA) is 45.4 Å². The number of piperidine rings is 1. The van der Waals surface area contributed by atoms with Crippen LogP contribution in [0.2, 0.25) is 0 Å². The van der Waals surface area contributed by atoms with E-state index >= 15 is 0 Å². The number of aromatic nitrogens is 1. The van der Waals surface area contributed by atoms with Crippen LogP contribution in [0.15, 0.2) is 18.3 Å². The van der Waals surface area contributed by atoms with Crippen molar-refractivity contribution in [3.8, 4) is 0 Å². The molecular weight excluding hydrogens is 248 g/mol. The van der Waals surface area contributed by atoms with Crippen molar-refractivity contribution in [3.05, 3.63) is 23.9 Å². The molecule has 0 bridgehead atoms. The first kappa shape index (κ1) is 13.8. The number of anilines is 1. The Morgan fingerprint density at radius 2 is 2.05 bits per heavy atom. The molecule has 2 N–H and O–H groups in total. The zero-order valence-corrected chi connectivity index (χ0v) is 12.5. The van der Waals surface area contributed by atoms with Gasteiger partial charge in [0.25, 0.3) is 0 Å². The number of hydrogen-bond donors (Lipinski definition) is 1. The lowest BCUT2D eigenvalue weighted by molar-refractivity contribution is 0.175. The minimum absolute atomic E-state index is 0.0808. The zero-order valence-electron chi connectivity index (χ0n) is 12.5. The molecule has 2 fully saturated rings. The molecule has 0 aliphatic carbocycles. The number of nitrogens with two attached hydrogens (primary N) is 1. The van der Waals surface area contributed by atoms with Crippen LogP contribution < -0.4 is 10.6 Å². The van der Waals surface area contributed by atoms with Gasteiger partial charge in [0.05, 0.1) is 0 Å². The van der Waals surface area contributed by atoms with Gasteiger partial charge >= 0.3 is 0 Å². The Labute approximate surface area is 122 Å². The lowest BCUT2D eigenvalue weighted by atomic mass is 10.1. The second kappa shape index (κ2) is 6.10. The van der Waals surface area contributed by atoms with Gasteiger partial charge in [-0.2, -0.15) is 0 Å². The molecule has 2 aliphatic rings. The standard InChI is InChI=1S/C16H26N4/c1-13(17)14-5-7-18-16(11-14)20-10-6-15(12-20)19-8-3-2-4-9-19/h5,7,11,13,15H,2-4,6,8-10,12,17H2,1H3/t13-,15?/m1/s1. The monoisotopic (exact) mass is 274 g/mol. The van der Waals surface area contributed by atoms with Crippen LogP contribution in [0.4, 0.5) is 5.82 Å². The molecule has 110 valence electrons. The predicted molar refractivity (Wildman–Crippen MR) is 82.9 cm³/mol. The molecule has 3 heterocycles. The first-order valence-electron chi connectivity index (χ1n) is 7.94. The largest absolute Gasteiger partial charge is 0.355 e. The van der Waals surface area contributed by atoms with Crippen LogP contribution >= 0.6 is 0 Å². The highest BCUT2D eigenvalue weighted by Gasteiger charge is 2.29. The Morgan fingerprint density at radius 3 is 2.80 bits per heavy atom. The van der Waals surface area contributed by atoms with Crippen LogP contribution in [-0.4, -0.2) is 42.1 Å². The molecule has 0 spiro atoms. The molecular formula is C16H26N4. The van der Waals surface area contributed by atoms with Crippen molar-refractivity contribution in [2.75, 3.05) is 31.1 Å². The van der Waals surface area contributed by atoms with E-state index in [0.717, 1.165) is 24.9 Å². The second-order valence-electron chi connectivity index (χ2n) is 6.22. The van der Waals surface area contributed by atoms with E-state index in [4.69, 9.17) is 5.73 Å². The highest BCUT2D eigenvalue weighted by molar-refractivity contribution is 5.43. The first-order valence-corrected chi connectivity index (χ1v) is 7.94. The van der Waals surface area contributed by atoms with Gasteiger partial charge in [0, 0.05) is 31.4 Å². The Kier molecular flexibility index (Phi) is 4.22. The van der Waals surface area contributed by atoms with Crippen molar-refractivity contribution in [3.63, 3.8) is 0 Å². The maximum Gasteiger partial charge on any atom is 0.128 e. The third kappa shape index (κ3) is 2.96. The molecule has 4 nitrogen and oxygen atoms in total. The van der Waals surface area contributed by atoms with E-state index in [-0.39, 0.29) is 6.04 Å². The Bertz CT molecular complexity index is 440. The zero-order chi connectivity index (χ0) is 13.9. The molecule has 0 radical (unpaired) electrons. The van der Waals surface area contributed by atoms with Crippen molar-refractivity contribution in [2.24, 2.45) is 5.73 Å². The number of likely N-dealkylation sites (tertiary alicyclic amines) is 1. The second-order valence-corrected chi connectivity index (χ2v) is 6.22. The molecule has 1 unspecified atom stereocenters. The Morgan fingerprint density at radius 1 is 1.25 bits per heavy atom. The van der Waals surface area contributed by atoms with Gasteiger partial charge < -0.3 is 10.6 Å². The van der Waals surface area contributed by atoms with Gasteiger partial charge in [-0.3, -0.25) is 4.90 Å². The maximum atomic E-state index is 5.97. The van der Waals surface area contributed by atoms with Gasteiger partial charge in [-0.25, -0.2) is 4.98 Å². The van der Waals surface area contributed by atoms with Crippen molar-refractivity contribution in [2.45, 2.75) is 44.7 Å². The molecule has 2 aliphatic heterocycles. The summed E-state index contributed by atoms with van der Waals surface area (Å²) in [4.78, 5) is 9.64. The van der Waals surface area contributed by atoms with Crippen LogP contribution in [0.1, 0.15) is 44.2 Å². The lowest BCUT2D eigenvalue weighted by Gasteiger charge is -2.32. The number of hydrogen-bond acceptors (Lipinski definition) is 4. The summed E-state index contributed by atoms with van der Waals surface area (Å²) in [6.45, 7) is 6.84. The average Bonchev–Trinajstić information content (AvgIpc) is 2.98. The summed E-state index contributed by atoms with van der Waals surface area (Å²) in [5.74, 6) is 1.10. The van der Waals surface area contributed by atoms with Crippen molar-refractivity contribution >= 4 is 5.82 Å². The van der Waals surface area contributed by atoms with Gasteiger partial charge in [-0.05, 0) is 57.0 Å². The predicted octanol–water partition coefficient (Wildman–Crippen LogP) is 2.17. The third-order valence-corrected chi connectivity index (χ3v) is 4.69. The maximum absolute atomic E-state index is 5.97. The lowest BCUT2D eigenvalue weighted by Crippen LogP contribution is -2.40. The van der Waals surface area contributed by atoms with Crippen LogP contribution in [0.25, 0.3) is 0 Å². The van der Waals surface area contributed by atoms with E-state index in [9.17, 15) is 0 Å². The van der Waals surface area contributed by atoms with Crippen molar-refractivity contribution < 1.29 is 0 Å². The molecule has 1 aromatic rings. The van der Waals surface area contributed by atoms with E-state index in [1.165, 1.54) is 44.3 Å². The fraction of sp³-hybridized carbons (Fsp3) is 0.688. The number of pyridine rings is 1. The van der Waals surface area contributed by atoms with Gasteiger partial charge in [0.1, 0.15) is 5.82 Å². The molecule has 20 heavy (non-hydrogen) atoms. The SMILES string of the molecule is C[C@@H](N)c1ccnc(N2CCC(N3CCCCC3)C2)c1. The smallest absolute Gasteiger partial charge is 0.128 e. The summed E-state index contributed by atoms with van der Waals surface area (Å²) >= 11 is 0. The fourth-order valence-electron chi connectivity index (χ4n) is 3.42. The molecule has 0 amide bonds. The van der Waals surface area contributed by atoms with Crippen molar-refractivity contribution in [1.29, 1.82) is 0 Å². The van der Waals surface area contributed by atoms with E-state index in [1.54, 1.807) is 0 Å². The molecule has 1 aromatic heterocycles. The minimum atomic E-state index is 0.0808. The fourth-order valence-corrected chi connectivity index (χ4v) is 3.42. The normalized spacial score (nSPS) is 25.9. The first-order chi connectivity index (χ1) is 9.74. The number of rotatable bonds is 3. The highest BCUT2D eigenvalue weighted by Crippen LogP contribution is 2.25. The molecule has 0 saturated carbocycles. The quantitative estimate of drug-likeness (QED) is 0.917.